The third-order valence-electron chi connectivity index (χ3n) is 7.50. The third-order valence-corrected chi connectivity index (χ3v) is 8.61. The maximum Gasteiger partial charge on any atom is 0.263 e. The smallest absolute Gasteiger partial charge is 0.263 e. The van der Waals surface area contributed by atoms with Gasteiger partial charge in [0.05, 0.1) is 23.6 Å². The van der Waals surface area contributed by atoms with Crippen molar-refractivity contribution >= 4 is 38.8 Å². The molecule has 1 aromatic carbocycles. The van der Waals surface area contributed by atoms with Crippen molar-refractivity contribution in [3.05, 3.63) is 51.5 Å². The molecule has 2 bridgehead atoms. The molecule has 3 aromatic rings. The Kier molecular flexibility index (Phi) is 5.64. The Balaban J connectivity index is 1.21. The summed E-state index contributed by atoms with van der Waals surface area (Å²) < 4.78 is 36.8. The fourth-order valence-electron chi connectivity index (χ4n) is 5.73. The maximum atomic E-state index is 15.6. The van der Waals surface area contributed by atoms with E-state index in [2.05, 4.69) is 10.3 Å². The SMILES string of the molecule is Cc1ccc2c(N)c(C(=O)N[C@H]3CCc4c(F)c(N5CC6CCCC(C5)O6)cc(F)c4C3)sc2n1. The summed E-state index contributed by atoms with van der Waals surface area (Å²) in [6.07, 6.45) is 4.38. The number of hydrogen-bond acceptors (Lipinski definition) is 6. The minimum absolute atomic E-state index is 0.0843. The van der Waals surface area contributed by atoms with Gasteiger partial charge in [-0.15, -0.1) is 11.3 Å². The third kappa shape index (κ3) is 4.04. The molecule has 0 radical (unpaired) electrons. The molecule has 2 aliphatic heterocycles. The molecule has 1 aliphatic carbocycles. The average Bonchev–Trinajstić information content (AvgIpc) is 3.16. The molecule has 0 spiro atoms. The molecule has 3 N–H and O–H groups in total. The molecule has 2 fully saturated rings. The van der Waals surface area contributed by atoms with E-state index in [0.717, 1.165) is 35.2 Å². The van der Waals surface area contributed by atoms with Gasteiger partial charge in [-0.05, 0) is 68.7 Å². The lowest BCUT2D eigenvalue weighted by Gasteiger charge is -2.43. The Morgan fingerprint density at radius 2 is 1.97 bits per heavy atom. The molecule has 3 atom stereocenters. The van der Waals surface area contributed by atoms with Gasteiger partial charge in [0.15, 0.2) is 0 Å². The highest BCUT2D eigenvalue weighted by Gasteiger charge is 2.35. The molecule has 3 aliphatic rings. The number of fused-ring (bicyclic) bond motifs is 4. The van der Waals surface area contributed by atoms with Crippen molar-refractivity contribution in [3.8, 4) is 0 Å². The number of nitrogens with zero attached hydrogens (tertiary/aromatic N) is 2. The number of aromatic nitrogens is 1. The lowest BCUT2D eigenvalue weighted by atomic mass is 9.86. The van der Waals surface area contributed by atoms with E-state index >= 15 is 8.78 Å². The lowest BCUT2D eigenvalue weighted by Crippen LogP contribution is -2.50. The van der Waals surface area contributed by atoms with Crippen molar-refractivity contribution in [1.82, 2.24) is 10.3 Å². The number of nitrogens with one attached hydrogen (secondary N) is 1. The predicted molar refractivity (Wildman–Crippen MR) is 133 cm³/mol. The van der Waals surface area contributed by atoms with Crippen molar-refractivity contribution in [2.45, 2.75) is 63.7 Å². The van der Waals surface area contributed by atoms with Crippen LogP contribution in [0.15, 0.2) is 18.2 Å². The number of thiophene rings is 1. The summed E-state index contributed by atoms with van der Waals surface area (Å²) >= 11 is 1.25. The van der Waals surface area contributed by atoms with Crippen LogP contribution in [0.5, 0.6) is 0 Å². The fourth-order valence-corrected chi connectivity index (χ4v) is 6.77. The summed E-state index contributed by atoms with van der Waals surface area (Å²) in [5.41, 5.74) is 8.61. The van der Waals surface area contributed by atoms with Crippen LogP contribution in [-0.4, -0.2) is 42.2 Å². The highest BCUT2D eigenvalue weighted by Crippen LogP contribution is 2.37. The van der Waals surface area contributed by atoms with Crippen molar-refractivity contribution in [1.29, 1.82) is 0 Å². The molecule has 2 unspecified atom stereocenters. The average molecular weight is 499 g/mol. The van der Waals surface area contributed by atoms with Crippen molar-refractivity contribution in [2.75, 3.05) is 23.7 Å². The first-order valence-electron chi connectivity index (χ1n) is 12.2. The molecule has 6 nitrogen and oxygen atoms in total. The van der Waals surface area contributed by atoms with Gasteiger partial charge in [-0.1, -0.05) is 0 Å². The Bertz CT molecular complexity index is 1310. The Morgan fingerprint density at radius 1 is 1.20 bits per heavy atom. The van der Waals surface area contributed by atoms with E-state index in [1.807, 2.05) is 24.0 Å². The standard InChI is InChI=1S/C26H28F2N4O2S/c1-13-5-7-18-23(29)24(35-26(18)30-13)25(33)31-14-6-8-17-19(9-14)20(27)10-21(22(17)28)32-11-15-3-2-4-16(12-32)34-15/h5,7,10,14-16H,2-4,6,8-9,11-12,29H2,1H3,(H,31,33)/t14-,15?,16?/m0/s1. The van der Waals surface area contributed by atoms with Gasteiger partial charge in [-0.25, -0.2) is 13.8 Å². The highest BCUT2D eigenvalue weighted by molar-refractivity contribution is 7.21. The first-order valence-corrected chi connectivity index (χ1v) is 13.1. The van der Waals surface area contributed by atoms with E-state index in [1.54, 1.807) is 0 Å². The van der Waals surface area contributed by atoms with Crippen molar-refractivity contribution in [2.24, 2.45) is 0 Å². The first-order chi connectivity index (χ1) is 16.9. The number of nitrogens with two attached hydrogens (primary N) is 1. The summed E-state index contributed by atoms with van der Waals surface area (Å²) in [6.45, 7) is 3.07. The topological polar surface area (TPSA) is 80.5 Å². The zero-order chi connectivity index (χ0) is 24.3. The maximum absolute atomic E-state index is 15.6. The van der Waals surface area contributed by atoms with Crippen molar-refractivity contribution < 1.29 is 18.3 Å². The number of hydrogen-bond donors (Lipinski definition) is 2. The van der Waals surface area contributed by atoms with Gasteiger partial charge in [-0.2, -0.15) is 0 Å². The minimum Gasteiger partial charge on any atom is -0.397 e. The van der Waals surface area contributed by atoms with Crippen LogP contribution in [0, 0.1) is 18.6 Å². The Hall–Kier alpha value is -2.78. The van der Waals surface area contributed by atoms with Crippen LogP contribution in [0.1, 0.15) is 52.2 Å². The molecule has 9 heteroatoms. The molecule has 6 rings (SSSR count). The van der Waals surface area contributed by atoms with Crippen LogP contribution in [0.2, 0.25) is 0 Å². The number of morpholine rings is 1. The molecule has 1 amide bonds. The molecule has 0 saturated carbocycles. The summed E-state index contributed by atoms with van der Waals surface area (Å²) in [7, 11) is 0. The largest absolute Gasteiger partial charge is 0.397 e. The monoisotopic (exact) mass is 498 g/mol. The van der Waals surface area contributed by atoms with Gasteiger partial charge in [0.2, 0.25) is 0 Å². The second kappa shape index (κ2) is 8.71. The number of pyridine rings is 1. The predicted octanol–water partition coefficient (Wildman–Crippen LogP) is 4.51. The number of carbonyl (C=O) groups is 1. The van der Waals surface area contributed by atoms with E-state index in [9.17, 15) is 4.79 Å². The lowest BCUT2D eigenvalue weighted by molar-refractivity contribution is -0.0606. The number of carbonyl (C=O) groups excluding carboxylic acids is 1. The molecular formula is C26H28F2N4O2S. The number of aryl methyl sites for hydroxylation is 1. The number of amides is 1. The van der Waals surface area contributed by atoms with Crippen molar-refractivity contribution in [3.63, 3.8) is 0 Å². The molecule has 4 heterocycles. The van der Waals surface area contributed by atoms with Crippen LogP contribution in [-0.2, 0) is 17.6 Å². The van der Waals surface area contributed by atoms with Gasteiger partial charge in [0.25, 0.3) is 5.91 Å². The van der Waals surface area contributed by atoms with Gasteiger partial charge in [0.1, 0.15) is 21.3 Å². The zero-order valence-electron chi connectivity index (χ0n) is 19.6. The summed E-state index contributed by atoms with van der Waals surface area (Å²) in [5.74, 6) is -1.04. The van der Waals surface area contributed by atoms with E-state index < -0.39 is 5.82 Å². The summed E-state index contributed by atoms with van der Waals surface area (Å²) in [6, 6.07) is 4.77. The van der Waals surface area contributed by atoms with Crippen LogP contribution in [0.3, 0.4) is 0 Å². The Morgan fingerprint density at radius 3 is 2.74 bits per heavy atom. The molecule has 35 heavy (non-hydrogen) atoms. The number of benzene rings is 1. The molecule has 2 saturated heterocycles. The molecule has 184 valence electrons. The first kappa shape index (κ1) is 22.7. The van der Waals surface area contributed by atoms with Gasteiger partial charge < -0.3 is 20.7 Å². The number of rotatable bonds is 3. The quantitative estimate of drug-likeness (QED) is 0.556. The van der Waals surface area contributed by atoms with Gasteiger partial charge >= 0.3 is 0 Å². The van der Waals surface area contributed by atoms with Gasteiger partial charge in [-0.3, -0.25) is 4.79 Å². The molecule has 2 aromatic heterocycles. The van der Waals surface area contributed by atoms with E-state index in [0.29, 0.717) is 53.3 Å². The number of ether oxygens (including phenoxy) is 1. The summed E-state index contributed by atoms with van der Waals surface area (Å²) in [4.78, 5) is 20.5. The molecular weight excluding hydrogens is 470 g/mol. The number of halogens is 2. The van der Waals surface area contributed by atoms with Crippen LogP contribution >= 0.6 is 11.3 Å². The van der Waals surface area contributed by atoms with E-state index in [4.69, 9.17) is 10.5 Å². The van der Waals surface area contributed by atoms with Crippen LogP contribution in [0.25, 0.3) is 10.2 Å². The summed E-state index contributed by atoms with van der Waals surface area (Å²) in [5, 5.41) is 3.75. The van der Waals surface area contributed by atoms with Crippen LogP contribution < -0.4 is 16.0 Å². The normalized spacial score (nSPS) is 23.9. The van der Waals surface area contributed by atoms with Crippen LogP contribution in [0.4, 0.5) is 20.2 Å². The zero-order valence-corrected chi connectivity index (χ0v) is 20.4. The number of anilines is 2. The highest BCUT2D eigenvalue weighted by atomic mass is 32.1. The van der Waals surface area contributed by atoms with E-state index in [1.165, 1.54) is 17.4 Å². The number of nitrogen functional groups attached to an aromatic ring is 1. The fraction of sp³-hybridized carbons (Fsp3) is 0.462. The van der Waals surface area contributed by atoms with Gasteiger partial charge in [0, 0.05) is 36.3 Å². The second-order valence-electron chi connectivity index (χ2n) is 9.93. The van der Waals surface area contributed by atoms with E-state index in [-0.39, 0.29) is 36.4 Å². The Labute approximate surface area is 206 Å². The second-order valence-corrected chi connectivity index (χ2v) is 10.9. The minimum atomic E-state index is -0.409.